The molecule has 0 spiro atoms. The Morgan fingerprint density at radius 3 is 1.46 bits per heavy atom. The summed E-state index contributed by atoms with van der Waals surface area (Å²) < 4.78 is 15.0. The molecule has 4 heteroatoms. The smallest absolute Gasteiger partial charge is 0.170 e. The lowest BCUT2D eigenvalue weighted by atomic mass is 10.3. The van der Waals surface area contributed by atoms with Gasteiger partial charge >= 0.3 is 0 Å². The van der Waals surface area contributed by atoms with Gasteiger partial charge < -0.3 is 4.57 Å². The van der Waals surface area contributed by atoms with Gasteiger partial charge in [0.2, 0.25) is 0 Å². The third-order valence-corrected chi connectivity index (χ3v) is 12.7. The molecule has 3 rings (SSSR count). The van der Waals surface area contributed by atoms with Crippen LogP contribution in [-0.2, 0) is 4.57 Å². The van der Waals surface area contributed by atoms with Crippen LogP contribution in [0.2, 0.25) is 39.3 Å². The Morgan fingerprint density at radius 2 is 1.07 bits per heavy atom. The SMILES string of the molecule is C[Si](C)(C)c1ccc([Si](C)(C)C)c(P(=O)(c2ccccc2)c2ccccc2)c1. The lowest BCUT2D eigenvalue weighted by Gasteiger charge is -2.30. The van der Waals surface area contributed by atoms with Gasteiger partial charge in [-0.15, -0.1) is 0 Å². The minimum atomic E-state index is -2.95. The maximum absolute atomic E-state index is 15.0. The predicted molar refractivity (Wildman–Crippen MR) is 132 cm³/mol. The molecule has 0 unspecified atom stereocenters. The summed E-state index contributed by atoms with van der Waals surface area (Å²) in [6.07, 6.45) is 0. The van der Waals surface area contributed by atoms with Gasteiger partial charge in [-0.05, 0) is 5.19 Å². The van der Waals surface area contributed by atoms with Gasteiger partial charge in [-0.3, -0.25) is 0 Å². The van der Waals surface area contributed by atoms with E-state index < -0.39 is 23.3 Å². The monoisotopic (exact) mass is 422 g/mol. The van der Waals surface area contributed by atoms with Gasteiger partial charge in [0.1, 0.15) is 0 Å². The van der Waals surface area contributed by atoms with E-state index in [9.17, 15) is 0 Å². The topological polar surface area (TPSA) is 17.1 Å². The van der Waals surface area contributed by atoms with E-state index in [1.54, 1.807) is 0 Å². The van der Waals surface area contributed by atoms with Gasteiger partial charge in [-0.25, -0.2) is 0 Å². The molecule has 0 heterocycles. The molecule has 0 aliphatic carbocycles. The molecule has 0 radical (unpaired) electrons. The number of rotatable bonds is 5. The van der Waals surface area contributed by atoms with E-state index >= 15 is 4.57 Å². The first-order valence-electron chi connectivity index (χ1n) is 9.91. The molecule has 0 aromatic heterocycles. The molecular formula is C24H31OPSi2. The zero-order chi connectivity index (χ0) is 20.6. The molecule has 0 aliphatic rings. The maximum atomic E-state index is 15.0. The second-order valence-corrected chi connectivity index (χ2v) is 22.4. The highest BCUT2D eigenvalue weighted by atomic mass is 31.2. The van der Waals surface area contributed by atoms with Gasteiger partial charge in [0.05, 0.1) is 16.1 Å². The lowest BCUT2D eigenvalue weighted by molar-refractivity contribution is 0.592. The molecule has 0 aliphatic heterocycles. The first kappa shape index (κ1) is 21.0. The van der Waals surface area contributed by atoms with Crippen molar-refractivity contribution in [2.24, 2.45) is 0 Å². The van der Waals surface area contributed by atoms with Gasteiger partial charge in [0.25, 0.3) is 0 Å². The van der Waals surface area contributed by atoms with Gasteiger partial charge in [0.15, 0.2) is 7.14 Å². The molecule has 3 aromatic rings. The highest BCUT2D eigenvalue weighted by Gasteiger charge is 2.36. The molecule has 0 N–H and O–H groups in total. The van der Waals surface area contributed by atoms with Crippen LogP contribution in [0.5, 0.6) is 0 Å². The summed E-state index contributed by atoms with van der Waals surface area (Å²) in [6, 6.07) is 27.0. The molecule has 0 saturated carbocycles. The fraction of sp³-hybridized carbons (Fsp3) is 0.250. The van der Waals surface area contributed by atoms with E-state index in [1.165, 1.54) is 10.4 Å². The van der Waals surface area contributed by atoms with E-state index in [-0.39, 0.29) is 0 Å². The molecule has 0 atom stereocenters. The van der Waals surface area contributed by atoms with Crippen LogP contribution in [-0.4, -0.2) is 16.1 Å². The van der Waals surface area contributed by atoms with E-state index in [2.05, 4.69) is 57.5 Å². The summed E-state index contributed by atoms with van der Waals surface area (Å²) >= 11 is 0. The Balaban J connectivity index is 2.43. The number of hydrogen-bond donors (Lipinski definition) is 0. The van der Waals surface area contributed by atoms with Crippen LogP contribution in [0.3, 0.4) is 0 Å². The first-order valence-corrected chi connectivity index (χ1v) is 18.6. The average Bonchev–Trinajstić information content (AvgIpc) is 2.67. The van der Waals surface area contributed by atoms with Crippen LogP contribution >= 0.6 is 7.14 Å². The van der Waals surface area contributed by atoms with Crippen LogP contribution in [0.25, 0.3) is 0 Å². The molecule has 0 amide bonds. The van der Waals surface area contributed by atoms with Crippen LogP contribution in [0.15, 0.2) is 78.9 Å². The highest BCUT2D eigenvalue weighted by molar-refractivity contribution is 7.85. The van der Waals surface area contributed by atoms with Crippen molar-refractivity contribution >= 4 is 49.6 Å². The Bertz CT molecular complexity index is 957. The van der Waals surface area contributed by atoms with Crippen LogP contribution in [0.4, 0.5) is 0 Å². The average molecular weight is 423 g/mol. The van der Waals surface area contributed by atoms with Crippen molar-refractivity contribution in [3.8, 4) is 0 Å². The van der Waals surface area contributed by atoms with Crippen LogP contribution in [0.1, 0.15) is 0 Å². The van der Waals surface area contributed by atoms with Gasteiger partial charge in [-0.2, -0.15) is 0 Å². The van der Waals surface area contributed by atoms with Gasteiger partial charge in [-0.1, -0.05) is 123 Å². The van der Waals surface area contributed by atoms with Crippen LogP contribution < -0.4 is 26.3 Å². The van der Waals surface area contributed by atoms with Crippen LogP contribution in [0, 0.1) is 0 Å². The van der Waals surface area contributed by atoms with Crippen molar-refractivity contribution in [1.29, 1.82) is 0 Å². The van der Waals surface area contributed by atoms with Gasteiger partial charge in [0, 0.05) is 15.9 Å². The Morgan fingerprint density at radius 1 is 0.607 bits per heavy atom. The Labute approximate surface area is 172 Å². The van der Waals surface area contributed by atoms with E-state index in [4.69, 9.17) is 0 Å². The summed E-state index contributed by atoms with van der Waals surface area (Å²) in [6.45, 7) is 14.1. The van der Waals surface area contributed by atoms with Crippen molar-refractivity contribution in [2.75, 3.05) is 0 Å². The van der Waals surface area contributed by atoms with Crippen molar-refractivity contribution in [3.63, 3.8) is 0 Å². The summed E-state index contributed by atoms with van der Waals surface area (Å²) in [5.74, 6) is 0. The molecule has 1 nitrogen and oxygen atoms in total. The zero-order valence-electron chi connectivity index (χ0n) is 17.9. The fourth-order valence-corrected chi connectivity index (χ4v) is 10.6. The van der Waals surface area contributed by atoms with E-state index in [1.807, 2.05) is 60.7 Å². The van der Waals surface area contributed by atoms with Crippen molar-refractivity contribution in [2.45, 2.75) is 39.3 Å². The Hall–Kier alpha value is -1.68. The van der Waals surface area contributed by atoms with Crippen molar-refractivity contribution in [3.05, 3.63) is 78.9 Å². The minimum Gasteiger partial charge on any atom is -0.309 e. The van der Waals surface area contributed by atoms with Crippen molar-refractivity contribution in [1.82, 2.24) is 0 Å². The molecular weight excluding hydrogens is 391 g/mol. The lowest BCUT2D eigenvalue weighted by Crippen LogP contribution is -2.52. The third-order valence-electron chi connectivity index (χ3n) is 5.25. The molecule has 28 heavy (non-hydrogen) atoms. The molecule has 0 fully saturated rings. The number of benzene rings is 3. The fourth-order valence-electron chi connectivity index (χ4n) is 3.60. The highest BCUT2D eigenvalue weighted by Crippen LogP contribution is 2.42. The first-order chi connectivity index (χ1) is 13.0. The molecule has 0 saturated heterocycles. The minimum absolute atomic E-state index is 0.924. The Kier molecular flexibility index (Phi) is 5.73. The third kappa shape index (κ3) is 4.03. The summed E-state index contributed by atoms with van der Waals surface area (Å²) in [5.41, 5.74) is 0. The van der Waals surface area contributed by atoms with E-state index in [0.29, 0.717) is 0 Å². The summed E-state index contributed by atoms with van der Waals surface area (Å²) in [4.78, 5) is 0. The zero-order valence-corrected chi connectivity index (χ0v) is 20.8. The predicted octanol–water partition coefficient (Wildman–Crippen LogP) is 4.42. The largest absolute Gasteiger partial charge is 0.309 e. The molecule has 3 aromatic carbocycles. The second kappa shape index (κ2) is 7.63. The second-order valence-electron chi connectivity index (χ2n) is 9.51. The summed E-state index contributed by atoms with van der Waals surface area (Å²) in [5, 5.41) is 5.59. The summed E-state index contributed by atoms with van der Waals surface area (Å²) in [7, 11) is -6.18. The molecule has 0 bridgehead atoms. The maximum Gasteiger partial charge on any atom is 0.170 e. The standard InChI is InChI=1S/C24H31OPSi2/c1-27(2,3)22-17-18-24(28(4,5)6)23(19-22)26(25,20-13-9-7-10-14-20)21-15-11-8-12-16-21/h7-19H,1-6H3. The van der Waals surface area contributed by atoms with E-state index in [0.717, 1.165) is 15.9 Å². The number of hydrogen-bond acceptors (Lipinski definition) is 1. The normalized spacial score (nSPS) is 12.8. The molecule has 146 valence electrons. The quantitative estimate of drug-likeness (QED) is 0.439. The van der Waals surface area contributed by atoms with Crippen molar-refractivity contribution < 1.29 is 4.57 Å².